The summed E-state index contributed by atoms with van der Waals surface area (Å²) >= 11 is 0. The molecule has 1 aromatic heterocycles. The highest BCUT2D eigenvalue weighted by molar-refractivity contribution is 5.99. The molecule has 0 bridgehead atoms. The Balaban J connectivity index is 1.55. The van der Waals surface area contributed by atoms with Crippen molar-refractivity contribution in [3.05, 3.63) is 102 Å². The van der Waals surface area contributed by atoms with Gasteiger partial charge in [-0.2, -0.15) is 4.57 Å². The number of aliphatic carboxylic acids is 1. The first-order valence-corrected chi connectivity index (χ1v) is 16.4. The number of carbonyl (C=O) groups excluding carboxylic acids is 2. The number of carbonyl (C=O) groups is 3. The van der Waals surface area contributed by atoms with Gasteiger partial charge in [0.1, 0.15) is 0 Å². The van der Waals surface area contributed by atoms with Gasteiger partial charge in [0.25, 0.3) is 6.04 Å². The molecule has 5 nitrogen and oxygen atoms in total. The Kier molecular flexibility index (Phi) is 15.4. The van der Waals surface area contributed by atoms with Gasteiger partial charge in [0.15, 0.2) is 24.0 Å². The monoisotopic (exact) mass is 584 g/mol. The summed E-state index contributed by atoms with van der Waals surface area (Å²) in [7, 11) is 0. The number of unbranched alkanes of at least 4 members (excludes halogenated alkanes) is 11. The fourth-order valence-electron chi connectivity index (χ4n) is 5.75. The van der Waals surface area contributed by atoms with E-state index in [0.29, 0.717) is 17.5 Å². The van der Waals surface area contributed by atoms with Crippen molar-refractivity contribution < 1.29 is 24.1 Å². The molecule has 0 amide bonds. The van der Waals surface area contributed by atoms with Crippen molar-refractivity contribution in [2.24, 2.45) is 0 Å². The predicted molar refractivity (Wildman–Crippen MR) is 173 cm³/mol. The average Bonchev–Trinajstić information content (AvgIpc) is 3.03. The lowest BCUT2D eigenvalue weighted by atomic mass is 9.86. The molecule has 3 aromatic rings. The molecule has 2 aromatic carbocycles. The van der Waals surface area contributed by atoms with Gasteiger partial charge in [0, 0.05) is 42.5 Å². The highest BCUT2D eigenvalue weighted by atomic mass is 16.4. The zero-order valence-corrected chi connectivity index (χ0v) is 26.0. The van der Waals surface area contributed by atoms with Crippen LogP contribution in [-0.2, 0) is 4.79 Å². The van der Waals surface area contributed by atoms with Crippen molar-refractivity contribution in [3.63, 3.8) is 0 Å². The molecule has 1 heterocycles. The molecule has 0 aliphatic rings. The maximum absolute atomic E-state index is 13.1. The second-order valence-electron chi connectivity index (χ2n) is 11.8. The number of carboxylic acid groups (broad SMARTS) is 1. The number of benzene rings is 2. The van der Waals surface area contributed by atoms with Crippen molar-refractivity contribution in [1.29, 1.82) is 0 Å². The Bertz CT molecular complexity index is 1170. The molecule has 3 rings (SSSR count). The van der Waals surface area contributed by atoms with E-state index in [2.05, 4.69) is 6.92 Å². The van der Waals surface area contributed by atoms with Gasteiger partial charge in [-0.25, -0.2) is 4.79 Å². The Morgan fingerprint density at radius 1 is 0.605 bits per heavy atom. The van der Waals surface area contributed by atoms with Gasteiger partial charge in [-0.15, -0.1) is 0 Å². The number of rotatable bonds is 22. The van der Waals surface area contributed by atoms with Crippen LogP contribution < -0.4 is 4.57 Å². The minimum Gasteiger partial charge on any atom is -0.476 e. The van der Waals surface area contributed by atoms with Crippen LogP contribution in [0.4, 0.5) is 0 Å². The first-order valence-electron chi connectivity index (χ1n) is 16.4. The van der Waals surface area contributed by atoms with Gasteiger partial charge in [0.05, 0.1) is 0 Å². The van der Waals surface area contributed by atoms with Crippen LogP contribution in [0, 0.1) is 0 Å². The molecule has 1 N–H and O–H groups in total. The third-order valence-electron chi connectivity index (χ3n) is 8.38. The van der Waals surface area contributed by atoms with E-state index in [9.17, 15) is 19.5 Å². The van der Waals surface area contributed by atoms with Gasteiger partial charge >= 0.3 is 5.97 Å². The van der Waals surface area contributed by atoms with Gasteiger partial charge in [-0.05, 0) is 17.9 Å². The molecule has 0 aliphatic heterocycles. The first-order chi connectivity index (χ1) is 21.0. The van der Waals surface area contributed by atoms with E-state index >= 15 is 0 Å². The number of aromatic nitrogens is 1. The molecule has 0 saturated heterocycles. The molecule has 0 saturated carbocycles. The lowest BCUT2D eigenvalue weighted by Gasteiger charge is -2.17. The van der Waals surface area contributed by atoms with Crippen molar-refractivity contribution in [3.8, 4) is 0 Å². The fraction of sp³-hybridized carbons (Fsp3) is 0.474. The van der Waals surface area contributed by atoms with E-state index in [-0.39, 0.29) is 30.3 Å². The summed E-state index contributed by atoms with van der Waals surface area (Å²) < 4.78 is 1.75. The summed E-state index contributed by atoms with van der Waals surface area (Å²) in [5.74, 6) is -1.18. The largest absolute Gasteiger partial charge is 0.476 e. The smallest absolute Gasteiger partial charge is 0.373 e. The molecule has 0 radical (unpaired) electrons. The Morgan fingerprint density at radius 2 is 1.02 bits per heavy atom. The zero-order chi connectivity index (χ0) is 30.7. The van der Waals surface area contributed by atoms with Crippen molar-refractivity contribution >= 4 is 17.5 Å². The van der Waals surface area contributed by atoms with Gasteiger partial charge in [-0.3, -0.25) is 9.59 Å². The maximum Gasteiger partial charge on any atom is 0.373 e. The lowest BCUT2D eigenvalue weighted by Crippen LogP contribution is -2.43. The van der Waals surface area contributed by atoms with E-state index in [4.69, 9.17) is 0 Å². The molecule has 0 fully saturated rings. The Labute approximate surface area is 258 Å². The van der Waals surface area contributed by atoms with Gasteiger partial charge in [-0.1, -0.05) is 138 Å². The second-order valence-corrected chi connectivity index (χ2v) is 11.8. The number of Topliss-reactive ketones (excluding diaryl/α,β-unsaturated/α-hetero) is 2. The first kappa shape index (κ1) is 33.9. The third kappa shape index (κ3) is 12.3. The normalized spacial score (nSPS) is 11.9. The maximum atomic E-state index is 13.1. The van der Waals surface area contributed by atoms with Crippen LogP contribution in [0.3, 0.4) is 0 Å². The average molecular weight is 585 g/mol. The van der Waals surface area contributed by atoms with Crippen LogP contribution in [0.2, 0.25) is 0 Å². The molecule has 1 unspecified atom stereocenters. The Morgan fingerprint density at radius 3 is 1.44 bits per heavy atom. The summed E-state index contributed by atoms with van der Waals surface area (Å²) in [6.07, 6.45) is 19.5. The molecular weight excluding hydrogens is 534 g/mol. The minimum atomic E-state index is -0.837. The number of ketones is 2. The van der Waals surface area contributed by atoms with Crippen LogP contribution in [0.1, 0.15) is 141 Å². The SMILES string of the molecule is CCCCCCCCCCCCCCC(C(=O)O)[n+]1ccc(C(CC(=O)c2ccccc2)CC(=O)c2ccccc2)cc1. The highest BCUT2D eigenvalue weighted by Gasteiger charge is 2.28. The third-order valence-corrected chi connectivity index (χ3v) is 8.38. The standard InChI is InChI=1S/C38H49NO4/c1-2-3-4-5-6-7-8-9-10-11-12-19-24-35(38(42)43)39-27-25-31(26-28-39)34(29-36(40)32-20-15-13-16-21-32)30-37(41)33-22-17-14-18-23-33/h13-18,20-23,25-28,34-35H,2-12,19,24,29-30H2,1H3/p+1. The summed E-state index contributed by atoms with van der Waals surface area (Å²) in [5.41, 5.74) is 2.11. The molecule has 43 heavy (non-hydrogen) atoms. The molecule has 5 heteroatoms. The van der Waals surface area contributed by atoms with E-state index < -0.39 is 12.0 Å². The topological polar surface area (TPSA) is 75.3 Å². The van der Waals surface area contributed by atoms with E-state index in [1.165, 1.54) is 57.8 Å². The number of nitrogens with zero attached hydrogens (tertiary/aromatic N) is 1. The number of carboxylic acids is 1. The van der Waals surface area contributed by atoms with E-state index in [1.54, 1.807) is 41.2 Å². The number of hydrogen-bond acceptors (Lipinski definition) is 3. The van der Waals surface area contributed by atoms with Crippen molar-refractivity contribution in [2.75, 3.05) is 0 Å². The van der Waals surface area contributed by atoms with Crippen LogP contribution in [-0.4, -0.2) is 22.6 Å². The van der Waals surface area contributed by atoms with Crippen molar-refractivity contribution in [1.82, 2.24) is 0 Å². The number of hydrogen-bond donors (Lipinski definition) is 1. The van der Waals surface area contributed by atoms with Gasteiger partial charge < -0.3 is 5.11 Å². The van der Waals surface area contributed by atoms with Crippen LogP contribution in [0.15, 0.2) is 85.2 Å². The second kappa shape index (κ2) is 19.6. The van der Waals surface area contributed by atoms with Gasteiger partial charge in [0.2, 0.25) is 0 Å². The molecule has 0 spiro atoms. The summed E-state index contributed by atoms with van der Waals surface area (Å²) in [4.78, 5) is 38.4. The van der Waals surface area contributed by atoms with E-state index in [1.807, 2.05) is 48.5 Å². The number of pyridine rings is 1. The highest BCUT2D eigenvalue weighted by Crippen LogP contribution is 2.27. The van der Waals surface area contributed by atoms with Crippen LogP contribution in [0.5, 0.6) is 0 Å². The minimum absolute atomic E-state index is 0.0152. The summed E-state index contributed by atoms with van der Waals surface area (Å²) in [6, 6.07) is 21.4. The summed E-state index contributed by atoms with van der Waals surface area (Å²) in [6.45, 7) is 2.25. The summed E-state index contributed by atoms with van der Waals surface area (Å²) in [5, 5.41) is 9.96. The fourth-order valence-corrected chi connectivity index (χ4v) is 5.75. The molecule has 1 atom stereocenters. The van der Waals surface area contributed by atoms with Crippen LogP contribution in [0.25, 0.3) is 0 Å². The van der Waals surface area contributed by atoms with E-state index in [0.717, 1.165) is 24.8 Å². The molecular formula is C38H50NO4+. The Hall–Kier alpha value is -3.60. The molecule has 230 valence electrons. The lowest BCUT2D eigenvalue weighted by molar-refractivity contribution is -0.711. The zero-order valence-electron chi connectivity index (χ0n) is 26.0. The predicted octanol–water partition coefficient (Wildman–Crippen LogP) is 9.32. The molecule has 0 aliphatic carbocycles. The van der Waals surface area contributed by atoms with Crippen molar-refractivity contribution in [2.45, 2.75) is 115 Å². The quantitative estimate of drug-likeness (QED) is 0.0725. The van der Waals surface area contributed by atoms with Crippen LogP contribution >= 0.6 is 0 Å².